The van der Waals surface area contributed by atoms with Gasteiger partial charge in [-0.05, 0) is 94.1 Å². The second kappa shape index (κ2) is 12.6. The number of allylic oxidation sites excluding steroid dienone is 6. The highest BCUT2D eigenvalue weighted by Crippen LogP contribution is 2.39. The number of para-hydroxylation sites is 1. The van der Waals surface area contributed by atoms with Gasteiger partial charge >= 0.3 is 0 Å². The van der Waals surface area contributed by atoms with Crippen molar-refractivity contribution in [2.45, 2.75) is 13.3 Å². The highest BCUT2D eigenvalue weighted by molar-refractivity contribution is 6.19. The number of pyridine rings is 1. The molecule has 7 rings (SSSR count). The Balaban J connectivity index is 1.37. The van der Waals surface area contributed by atoms with Crippen LogP contribution >= 0.6 is 0 Å². The fourth-order valence-electron chi connectivity index (χ4n) is 6.35. The van der Waals surface area contributed by atoms with E-state index in [-0.39, 0.29) is 0 Å². The van der Waals surface area contributed by atoms with Crippen molar-refractivity contribution in [3.05, 3.63) is 181 Å². The van der Waals surface area contributed by atoms with E-state index in [0.29, 0.717) is 0 Å². The Kier molecular flexibility index (Phi) is 7.89. The fourth-order valence-corrected chi connectivity index (χ4v) is 6.35. The molecule has 0 unspecified atom stereocenters. The van der Waals surface area contributed by atoms with Gasteiger partial charge in [0.05, 0.1) is 11.0 Å². The zero-order valence-electron chi connectivity index (χ0n) is 25.9. The van der Waals surface area contributed by atoms with Crippen LogP contribution in [0.1, 0.15) is 23.6 Å². The van der Waals surface area contributed by atoms with Gasteiger partial charge in [-0.25, -0.2) is 0 Å². The molecule has 0 aliphatic rings. The first-order valence-corrected chi connectivity index (χ1v) is 15.6. The molecule has 0 aliphatic heterocycles. The topological polar surface area (TPSA) is 43.8 Å². The van der Waals surface area contributed by atoms with E-state index in [9.17, 15) is 0 Å². The van der Waals surface area contributed by atoms with E-state index in [1.165, 1.54) is 49.3 Å². The molecule has 3 nitrogen and oxygen atoms in total. The molecule has 46 heavy (non-hydrogen) atoms. The van der Waals surface area contributed by atoms with Crippen LogP contribution in [0.25, 0.3) is 60.5 Å². The standard InChI is InChI=1S/C43H35N3/c1-3-10-30(2)32-13-8-14-33(25-32)34-18-21-39-36(26-34)20-23-41-40-22-19-35(37(28-44)15-7-11-31-12-9-24-45-29-31)27-42(40)46(43(39)41)38-16-5-4-6-17-38/h3-10,12-29H,1,11,44H2,2H3/b15-7-,30-10+,37-28+. The van der Waals surface area contributed by atoms with E-state index in [0.717, 1.165) is 34.3 Å². The number of nitrogens with two attached hydrogens (primary N) is 1. The van der Waals surface area contributed by atoms with Crippen molar-refractivity contribution >= 4 is 43.7 Å². The van der Waals surface area contributed by atoms with Crippen LogP contribution in [0.15, 0.2) is 165 Å². The van der Waals surface area contributed by atoms with Crippen molar-refractivity contribution in [1.29, 1.82) is 0 Å². The SMILES string of the molecule is C=C/C=C(\C)c1cccc(-c2ccc3c(ccc4c5ccc(C(/C=C\Cc6cccnc6)=C/N)cc5n(-c5ccccc5)c34)c2)c1. The third-order valence-corrected chi connectivity index (χ3v) is 8.66. The number of rotatable bonds is 8. The van der Waals surface area contributed by atoms with Crippen molar-refractivity contribution in [2.75, 3.05) is 0 Å². The maximum absolute atomic E-state index is 6.19. The largest absolute Gasteiger partial charge is 0.404 e. The van der Waals surface area contributed by atoms with Crippen molar-refractivity contribution in [3.8, 4) is 16.8 Å². The van der Waals surface area contributed by atoms with Gasteiger partial charge in [0.25, 0.3) is 0 Å². The molecule has 0 saturated heterocycles. The molecule has 0 spiro atoms. The molecule has 222 valence electrons. The molecule has 2 heterocycles. The number of fused-ring (bicyclic) bond motifs is 5. The van der Waals surface area contributed by atoms with Gasteiger partial charge in [-0.2, -0.15) is 0 Å². The molecule has 0 atom stereocenters. The Morgan fingerprint density at radius 3 is 2.41 bits per heavy atom. The van der Waals surface area contributed by atoms with Crippen LogP contribution < -0.4 is 5.73 Å². The molecule has 7 aromatic rings. The molecule has 0 fully saturated rings. The Labute approximate surface area is 270 Å². The normalized spacial score (nSPS) is 12.5. The Hall–Kier alpha value is -5.93. The molecule has 2 aromatic heterocycles. The summed E-state index contributed by atoms with van der Waals surface area (Å²) >= 11 is 0. The second-order valence-electron chi connectivity index (χ2n) is 11.6. The van der Waals surface area contributed by atoms with E-state index in [1.54, 1.807) is 12.4 Å². The molecular weight excluding hydrogens is 558 g/mol. The van der Waals surface area contributed by atoms with Gasteiger partial charge in [-0.3, -0.25) is 4.98 Å². The summed E-state index contributed by atoms with van der Waals surface area (Å²) in [5.41, 5.74) is 17.7. The lowest BCUT2D eigenvalue weighted by Crippen LogP contribution is -1.95. The van der Waals surface area contributed by atoms with Gasteiger partial charge in [0.15, 0.2) is 0 Å². The minimum absolute atomic E-state index is 0.793. The quantitative estimate of drug-likeness (QED) is 0.178. The summed E-state index contributed by atoms with van der Waals surface area (Å²) in [6.07, 6.45) is 14.3. The third-order valence-electron chi connectivity index (χ3n) is 8.66. The van der Waals surface area contributed by atoms with Crippen molar-refractivity contribution in [2.24, 2.45) is 5.73 Å². The molecule has 5 aromatic carbocycles. The lowest BCUT2D eigenvalue weighted by Gasteiger charge is -2.12. The summed E-state index contributed by atoms with van der Waals surface area (Å²) in [5.74, 6) is 0. The van der Waals surface area contributed by atoms with Crippen LogP contribution in [0, 0.1) is 0 Å². The average molecular weight is 594 g/mol. The highest BCUT2D eigenvalue weighted by atomic mass is 15.0. The lowest BCUT2D eigenvalue weighted by molar-refractivity contribution is 1.18. The van der Waals surface area contributed by atoms with Gasteiger partial charge in [-0.15, -0.1) is 0 Å². The van der Waals surface area contributed by atoms with E-state index in [2.05, 4.69) is 150 Å². The van der Waals surface area contributed by atoms with E-state index < -0.39 is 0 Å². The predicted molar refractivity (Wildman–Crippen MR) is 197 cm³/mol. The average Bonchev–Trinajstić information content (AvgIpc) is 3.45. The first kappa shape index (κ1) is 28.8. The summed E-state index contributed by atoms with van der Waals surface area (Å²) < 4.78 is 2.40. The fraction of sp³-hybridized carbons (Fsp3) is 0.0465. The van der Waals surface area contributed by atoms with Gasteiger partial charge in [0.2, 0.25) is 0 Å². The summed E-state index contributed by atoms with van der Waals surface area (Å²) in [6.45, 7) is 5.98. The number of hydrogen-bond acceptors (Lipinski definition) is 2. The monoisotopic (exact) mass is 593 g/mol. The van der Waals surface area contributed by atoms with Crippen LogP contribution in [-0.2, 0) is 6.42 Å². The number of nitrogens with zero attached hydrogens (tertiary/aromatic N) is 2. The van der Waals surface area contributed by atoms with Gasteiger partial charge in [0.1, 0.15) is 0 Å². The molecule has 3 heteroatoms. The molecule has 0 aliphatic carbocycles. The number of benzene rings is 5. The number of aromatic nitrogens is 2. The summed E-state index contributed by atoms with van der Waals surface area (Å²) in [5, 5.41) is 4.85. The first-order valence-electron chi connectivity index (χ1n) is 15.6. The van der Waals surface area contributed by atoms with Crippen molar-refractivity contribution < 1.29 is 0 Å². The minimum Gasteiger partial charge on any atom is -0.404 e. The Bertz CT molecular complexity index is 2300. The predicted octanol–water partition coefficient (Wildman–Crippen LogP) is 10.7. The molecule has 2 N–H and O–H groups in total. The second-order valence-corrected chi connectivity index (χ2v) is 11.6. The maximum Gasteiger partial charge on any atom is 0.0619 e. The van der Waals surface area contributed by atoms with Gasteiger partial charge in [0, 0.05) is 40.4 Å². The van der Waals surface area contributed by atoms with Crippen LogP contribution in [0.4, 0.5) is 0 Å². The van der Waals surface area contributed by atoms with Crippen molar-refractivity contribution in [1.82, 2.24) is 9.55 Å². The molecule has 0 radical (unpaired) electrons. The summed E-state index contributed by atoms with van der Waals surface area (Å²) in [6, 6.07) is 41.4. The van der Waals surface area contributed by atoms with Crippen molar-refractivity contribution in [3.63, 3.8) is 0 Å². The highest BCUT2D eigenvalue weighted by Gasteiger charge is 2.16. The number of hydrogen-bond donors (Lipinski definition) is 1. The first-order chi connectivity index (χ1) is 22.6. The van der Waals surface area contributed by atoms with E-state index in [4.69, 9.17) is 5.73 Å². The van der Waals surface area contributed by atoms with Gasteiger partial charge in [-0.1, -0.05) is 110 Å². The Morgan fingerprint density at radius 1 is 0.783 bits per heavy atom. The molecule has 0 amide bonds. The maximum atomic E-state index is 6.19. The van der Waals surface area contributed by atoms with Crippen LogP contribution in [0.2, 0.25) is 0 Å². The van der Waals surface area contributed by atoms with Crippen LogP contribution in [0.5, 0.6) is 0 Å². The van der Waals surface area contributed by atoms with Gasteiger partial charge < -0.3 is 10.3 Å². The summed E-state index contributed by atoms with van der Waals surface area (Å²) in [7, 11) is 0. The van der Waals surface area contributed by atoms with E-state index >= 15 is 0 Å². The summed E-state index contributed by atoms with van der Waals surface area (Å²) in [4.78, 5) is 4.23. The lowest BCUT2D eigenvalue weighted by atomic mass is 9.96. The van der Waals surface area contributed by atoms with Crippen LogP contribution in [0.3, 0.4) is 0 Å². The molecular formula is C43H35N3. The molecule has 0 bridgehead atoms. The smallest absolute Gasteiger partial charge is 0.0619 e. The minimum atomic E-state index is 0.793. The third kappa shape index (κ3) is 5.44. The Morgan fingerprint density at radius 2 is 1.61 bits per heavy atom. The molecule has 0 saturated carbocycles. The van der Waals surface area contributed by atoms with Crippen LogP contribution in [-0.4, -0.2) is 9.55 Å². The van der Waals surface area contributed by atoms with E-state index in [1.807, 2.05) is 18.3 Å². The zero-order valence-corrected chi connectivity index (χ0v) is 25.9. The zero-order chi connectivity index (χ0) is 31.5.